The number of ether oxygens (including phenoxy) is 2. The first kappa shape index (κ1) is 16.5. The Morgan fingerprint density at radius 2 is 1.91 bits per heavy atom. The maximum atomic E-state index is 6.01. The third-order valence-corrected chi connectivity index (χ3v) is 3.38. The summed E-state index contributed by atoms with van der Waals surface area (Å²) in [5.41, 5.74) is 0. The van der Waals surface area contributed by atoms with Gasteiger partial charge in [-0.3, -0.25) is 0 Å². The fraction of sp³-hybridized carbons (Fsp3) is 0.368. The van der Waals surface area contributed by atoms with Gasteiger partial charge in [0.2, 0.25) is 0 Å². The van der Waals surface area contributed by atoms with Gasteiger partial charge in [0.1, 0.15) is 18.5 Å². The summed E-state index contributed by atoms with van der Waals surface area (Å²) in [6, 6.07) is 14.8. The predicted molar refractivity (Wildman–Crippen MR) is 92.5 cm³/mol. The molecule has 0 aliphatic rings. The number of hydrogen-bond acceptors (Lipinski definition) is 3. The molecule has 0 heterocycles. The van der Waals surface area contributed by atoms with Gasteiger partial charge in [-0.2, -0.15) is 0 Å². The largest absolute Gasteiger partial charge is 0.490 e. The van der Waals surface area contributed by atoms with E-state index in [1.807, 2.05) is 24.3 Å². The predicted octanol–water partition coefficient (Wildman–Crippen LogP) is 3.79. The summed E-state index contributed by atoms with van der Waals surface area (Å²) in [5.74, 6) is 0.898. The van der Waals surface area contributed by atoms with Gasteiger partial charge in [-0.1, -0.05) is 56.3 Å². The summed E-state index contributed by atoms with van der Waals surface area (Å²) in [7, 11) is 0. The van der Waals surface area contributed by atoms with Crippen LogP contribution in [0.15, 0.2) is 55.1 Å². The Morgan fingerprint density at radius 3 is 2.68 bits per heavy atom. The normalized spacial score (nSPS) is 12.5. The highest BCUT2D eigenvalue weighted by Gasteiger charge is 2.11. The van der Waals surface area contributed by atoms with Crippen LogP contribution in [0.25, 0.3) is 10.8 Å². The number of nitrogens with one attached hydrogen (secondary N) is 1. The monoisotopic (exact) mass is 299 g/mol. The zero-order valence-corrected chi connectivity index (χ0v) is 13.4. The van der Waals surface area contributed by atoms with Crippen molar-refractivity contribution in [3.05, 3.63) is 55.1 Å². The third-order valence-electron chi connectivity index (χ3n) is 3.38. The molecule has 1 unspecified atom stereocenters. The van der Waals surface area contributed by atoms with E-state index in [2.05, 4.69) is 43.9 Å². The van der Waals surface area contributed by atoms with Crippen LogP contribution in [-0.2, 0) is 4.74 Å². The van der Waals surface area contributed by atoms with E-state index in [0.717, 1.165) is 17.7 Å². The summed E-state index contributed by atoms with van der Waals surface area (Å²) in [5, 5.41) is 5.70. The van der Waals surface area contributed by atoms with Crippen LogP contribution in [0, 0.1) is 0 Å². The van der Waals surface area contributed by atoms with Crippen LogP contribution in [0.5, 0.6) is 5.75 Å². The molecule has 0 amide bonds. The number of benzene rings is 2. The smallest absolute Gasteiger partial charge is 0.127 e. The lowest BCUT2D eigenvalue weighted by molar-refractivity contribution is 0.0362. The van der Waals surface area contributed by atoms with Gasteiger partial charge < -0.3 is 14.8 Å². The van der Waals surface area contributed by atoms with Crippen molar-refractivity contribution in [2.24, 2.45) is 0 Å². The van der Waals surface area contributed by atoms with Gasteiger partial charge in [-0.15, -0.1) is 6.58 Å². The van der Waals surface area contributed by atoms with Crippen LogP contribution >= 0.6 is 0 Å². The van der Waals surface area contributed by atoms with Gasteiger partial charge >= 0.3 is 0 Å². The molecule has 0 radical (unpaired) electrons. The molecule has 0 aliphatic heterocycles. The molecule has 1 N–H and O–H groups in total. The zero-order chi connectivity index (χ0) is 15.8. The Kier molecular flexibility index (Phi) is 6.44. The highest BCUT2D eigenvalue weighted by molar-refractivity contribution is 5.88. The fourth-order valence-corrected chi connectivity index (χ4v) is 2.24. The van der Waals surface area contributed by atoms with E-state index in [4.69, 9.17) is 9.47 Å². The van der Waals surface area contributed by atoms with E-state index < -0.39 is 0 Å². The van der Waals surface area contributed by atoms with Crippen LogP contribution in [0.3, 0.4) is 0 Å². The molecule has 0 saturated carbocycles. The molecular formula is C19H25NO2. The molecule has 0 bridgehead atoms. The minimum absolute atomic E-state index is 0.000585. The lowest BCUT2D eigenvalue weighted by Gasteiger charge is -2.20. The third kappa shape index (κ3) is 4.86. The first-order valence-electron chi connectivity index (χ1n) is 7.77. The molecule has 1 atom stereocenters. The minimum atomic E-state index is -0.000585. The molecule has 3 nitrogen and oxygen atoms in total. The summed E-state index contributed by atoms with van der Waals surface area (Å²) < 4.78 is 11.8. The van der Waals surface area contributed by atoms with Gasteiger partial charge in [-0.25, -0.2) is 0 Å². The van der Waals surface area contributed by atoms with Gasteiger partial charge in [0.15, 0.2) is 0 Å². The van der Waals surface area contributed by atoms with Gasteiger partial charge in [-0.05, 0) is 11.5 Å². The van der Waals surface area contributed by atoms with E-state index in [0.29, 0.717) is 19.3 Å². The number of hydrogen-bond donors (Lipinski definition) is 1. The maximum Gasteiger partial charge on any atom is 0.127 e. The number of fused-ring (bicyclic) bond motifs is 1. The van der Waals surface area contributed by atoms with Crippen LogP contribution < -0.4 is 10.1 Å². The van der Waals surface area contributed by atoms with Crippen molar-refractivity contribution >= 4 is 10.8 Å². The Bertz CT molecular complexity index is 590. The summed E-state index contributed by atoms with van der Waals surface area (Å²) in [6.45, 7) is 9.75. The average Bonchev–Trinajstić information content (AvgIpc) is 2.54. The molecule has 22 heavy (non-hydrogen) atoms. The Labute approximate surface area is 132 Å². The zero-order valence-electron chi connectivity index (χ0n) is 13.4. The summed E-state index contributed by atoms with van der Waals surface area (Å²) >= 11 is 0. The maximum absolute atomic E-state index is 6.01. The molecule has 0 aliphatic carbocycles. The van der Waals surface area contributed by atoms with Crippen LogP contribution in [0.2, 0.25) is 0 Å². The first-order valence-corrected chi connectivity index (χ1v) is 7.77. The molecule has 2 rings (SSSR count). The molecule has 0 spiro atoms. The van der Waals surface area contributed by atoms with Crippen molar-refractivity contribution in [3.8, 4) is 5.75 Å². The second kappa shape index (κ2) is 8.57. The average molecular weight is 299 g/mol. The van der Waals surface area contributed by atoms with Gasteiger partial charge in [0.25, 0.3) is 0 Å². The van der Waals surface area contributed by atoms with Crippen molar-refractivity contribution in [2.75, 3.05) is 19.8 Å². The highest BCUT2D eigenvalue weighted by atomic mass is 16.5. The Morgan fingerprint density at radius 1 is 1.14 bits per heavy atom. The standard InChI is InChI=1S/C19H25NO2/c1-4-12-21-17(13-20-15(2)3)14-22-19-11-7-9-16-8-5-6-10-18(16)19/h4-11,15,17,20H,1,12-14H2,2-3H3. The van der Waals surface area contributed by atoms with Crippen LogP contribution in [-0.4, -0.2) is 31.9 Å². The second-order valence-corrected chi connectivity index (χ2v) is 5.60. The lowest BCUT2D eigenvalue weighted by atomic mass is 10.1. The van der Waals surface area contributed by atoms with Gasteiger partial charge in [0, 0.05) is 18.0 Å². The molecule has 0 aromatic heterocycles. The highest BCUT2D eigenvalue weighted by Crippen LogP contribution is 2.25. The Balaban J connectivity index is 2.01. The molecule has 2 aromatic carbocycles. The molecule has 0 fully saturated rings. The van der Waals surface area contributed by atoms with E-state index in [-0.39, 0.29) is 6.10 Å². The minimum Gasteiger partial charge on any atom is -0.490 e. The summed E-state index contributed by atoms with van der Waals surface area (Å²) in [6.07, 6.45) is 1.76. The lowest BCUT2D eigenvalue weighted by Crippen LogP contribution is -2.37. The van der Waals surface area contributed by atoms with Crippen molar-refractivity contribution in [2.45, 2.75) is 26.0 Å². The van der Waals surface area contributed by atoms with E-state index in [1.54, 1.807) is 6.08 Å². The molecule has 0 saturated heterocycles. The van der Waals surface area contributed by atoms with Crippen molar-refractivity contribution in [1.29, 1.82) is 0 Å². The van der Waals surface area contributed by atoms with Gasteiger partial charge in [0.05, 0.1) is 6.61 Å². The van der Waals surface area contributed by atoms with Crippen molar-refractivity contribution in [1.82, 2.24) is 5.32 Å². The van der Waals surface area contributed by atoms with Crippen molar-refractivity contribution < 1.29 is 9.47 Å². The quantitative estimate of drug-likeness (QED) is 0.715. The fourth-order valence-electron chi connectivity index (χ4n) is 2.24. The molecule has 118 valence electrons. The van der Waals surface area contributed by atoms with Crippen LogP contribution in [0.1, 0.15) is 13.8 Å². The molecule has 2 aromatic rings. The number of rotatable bonds is 9. The molecular weight excluding hydrogens is 274 g/mol. The van der Waals surface area contributed by atoms with E-state index >= 15 is 0 Å². The van der Waals surface area contributed by atoms with E-state index in [1.165, 1.54) is 5.39 Å². The van der Waals surface area contributed by atoms with E-state index in [9.17, 15) is 0 Å². The molecule has 3 heteroatoms. The SMILES string of the molecule is C=CCOC(CNC(C)C)COc1cccc2ccccc12. The van der Waals surface area contributed by atoms with Crippen molar-refractivity contribution in [3.63, 3.8) is 0 Å². The summed E-state index contributed by atoms with van der Waals surface area (Å²) in [4.78, 5) is 0. The Hall–Kier alpha value is -1.84. The topological polar surface area (TPSA) is 30.5 Å². The van der Waals surface area contributed by atoms with Crippen LogP contribution in [0.4, 0.5) is 0 Å². The second-order valence-electron chi connectivity index (χ2n) is 5.60. The first-order chi connectivity index (χ1) is 10.7.